The summed E-state index contributed by atoms with van der Waals surface area (Å²) in [6.45, 7) is 5.10. The minimum absolute atomic E-state index is 0.0953. The van der Waals surface area contributed by atoms with Gasteiger partial charge in [-0.05, 0) is 32.4 Å². The fourth-order valence-electron chi connectivity index (χ4n) is 3.64. The Bertz CT molecular complexity index is 1100. The molecule has 0 unspecified atom stereocenters. The van der Waals surface area contributed by atoms with Crippen LogP contribution in [0.2, 0.25) is 0 Å². The number of aryl methyl sites for hydroxylation is 2. The number of aliphatic hydroxyl groups excluding tert-OH is 1. The average molecular weight is 381 g/mol. The minimum atomic E-state index is -0.646. The van der Waals surface area contributed by atoms with Crippen molar-refractivity contribution in [1.29, 1.82) is 0 Å². The van der Waals surface area contributed by atoms with Crippen molar-refractivity contribution in [3.63, 3.8) is 0 Å². The zero-order valence-electron chi connectivity index (χ0n) is 16.0. The van der Waals surface area contributed by atoms with Gasteiger partial charge in [0.2, 0.25) is 5.91 Å². The van der Waals surface area contributed by atoms with E-state index in [1.54, 1.807) is 17.9 Å². The number of benzene rings is 1. The van der Waals surface area contributed by atoms with Crippen molar-refractivity contribution in [2.24, 2.45) is 0 Å². The summed E-state index contributed by atoms with van der Waals surface area (Å²) in [6.07, 6.45) is 0.116. The molecule has 3 aromatic rings. The van der Waals surface area contributed by atoms with Gasteiger partial charge in [-0.2, -0.15) is 10.2 Å². The molecule has 2 aromatic heterocycles. The molecule has 1 amide bonds. The van der Waals surface area contributed by atoms with Gasteiger partial charge in [0.25, 0.3) is 5.56 Å². The number of amides is 1. The van der Waals surface area contributed by atoms with Gasteiger partial charge < -0.3 is 10.0 Å². The second kappa shape index (κ2) is 7.20. The van der Waals surface area contributed by atoms with Crippen molar-refractivity contribution in [2.75, 3.05) is 6.54 Å². The van der Waals surface area contributed by atoms with Gasteiger partial charge in [0, 0.05) is 18.5 Å². The van der Waals surface area contributed by atoms with Crippen LogP contribution in [-0.4, -0.2) is 42.0 Å². The lowest BCUT2D eigenvalue weighted by atomic mass is 10.1. The van der Waals surface area contributed by atoms with Crippen LogP contribution in [0.1, 0.15) is 36.5 Å². The zero-order chi connectivity index (χ0) is 19.8. The number of hydrogen-bond acceptors (Lipinski definition) is 5. The first-order chi connectivity index (χ1) is 13.4. The Balaban J connectivity index is 1.59. The van der Waals surface area contributed by atoms with Gasteiger partial charge in [0.15, 0.2) is 0 Å². The number of aromatic nitrogens is 4. The van der Waals surface area contributed by atoms with Crippen LogP contribution < -0.4 is 5.56 Å². The summed E-state index contributed by atoms with van der Waals surface area (Å²) in [5.41, 5.74) is 1.95. The largest absolute Gasteiger partial charge is 0.387 e. The normalized spacial score (nSPS) is 15.3. The van der Waals surface area contributed by atoms with Gasteiger partial charge in [-0.3, -0.25) is 14.3 Å². The molecule has 1 N–H and O–H groups in total. The Morgan fingerprint density at radius 1 is 1.21 bits per heavy atom. The molecule has 1 atom stereocenters. The lowest BCUT2D eigenvalue weighted by Crippen LogP contribution is -2.37. The van der Waals surface area contributed by atoms with E-state index in [9.17, 15) is 14.7 Å². The number of carbonyl (C=O) groups is 1. The first kappa shape index (κ1) is 18.4. The Labute approximate surface area is 162 Å². The number of rotatable bonds is 3. The maximum absolute atomic E-state index is 12.9. The van der Waals surface area contributed by atoms with E-state index in [2.05, 4.69) is 10.2 Å². The maximum atomic E-state index is 12.9. The van der Waals surface area contributed by atoms with Crippen LogP contribution in [-0.2, 0) is 24.4 Å². The van der Waals surface area contributed by atoms with E-state index in [1.807, 2.05) is 35.9 Å². The summed E-state index contributed by atoms with van der Waals surface area (Å²) >= 11 is 0. The topological polar surface area (TPSA) is 93.2 Å². The molecular formula is C20H23N5O3. The van der Waals surface area contributed by atoms with Crippen molar-refractivity contribution in [3.8, 4) is 0 Å². The van der Waals surface area contributed by atoms with E-state index in [0.29, 0.717) is 30.7 Å². The molecule has 4 rings (SSSR count). The van der Waals surface area contributed by atoms with Crippen molar-refractivity contribution in [1.82, 2.24) is 24.5 Å². The third kappa shape index (κ3) is 3.31. The highest BCUT2D eigenvalue weighted by Crippen LogP contribution is 2.18. The van der Waals surface area contributed by atoms with Gasteiger partial charge in [-0.1, -0.05) is 18.2 Å². The monoisotopic (exact) mass is 381 g/mol. The molecule has 1 aliphatic heterocycles. The molecule has 0 radical (unpaired) electrons. The van der Waals surface area contributed by atoms with E-state index < -0.39 is 6.10 Å². The van der Waals surface area contributed by atoms with E-state index >= 15 is 0 Å². The van der Waals surface area contributed by atoms with Gasteiger partial charge in [-0.15, -0.1) is 0 Å². The molecule has 0 saturated carbocycles. The molecule has 0 fully saturated rings. The Morgan fingerprint density at radius 3 is 2.71 bits per heavy atom. The lowest BCUT2D eigenvalue weighted by Gasteiger charge is -2.20. The Kier molecular flexibility index (Phi) is 4.72. The summed E-state index contributed by atoms with van der Waals surface area (Å²) in [7, 11) is 0. The molecule has 146 valence electrons. The fraction of sp³-hybridized carbons (Fsp3) is 0.400. The summed E-state index contributed by atoms with van der Waals surface area (Å²) in [5, 5.41) is 19.9. The van der Waals surface area contributed by atoms with Crippen LogP contribution in [0.25, 0.3) is 10.8 Å². The summed E-state index contributed by atoms with van der Waals surface area (Å²) in [6, 6.07) is 9.13. The molecule has 0 aliphatic carbocycles. The van der Waals surface area contributed by atoms with Gasteiger partial charge in [-0.25, -0.2) is 4.68 Å². The SMILES string of the molecule is Cc1nn(CC(=O)N2CCCn3nc([C@H](C)O)cc3C2)c(=O)c2ccccc12. The third-order valence-corrected chi connectivity index (χ3v) is 5.15. The van der Waals surface area contributed by atoms with Crippen LogP contribution in [0.15, 0.2) is 35.1 Å². The molecule has 0 bridgehead atoms. The van der Waals surface area contributed by atoms with Gasteiger partial charge in [0.05, 0.1) is 35.1 Å². The van der Waals surface area contributed by atoms with Crippen LogP contribution in [0.5, 0.6) is 0 Å². The molecule has 3 heterocycles. The van der Waals surface area contributed by atoms with Crippen molar-refractivity contribution in [2.45, 2.75) is 46.0 Å². The van der Waals surface area contributed by atoms with Crippen molar-refractivity contribution >= 4 is 16.7 Å². The highest BCUT2D eigenvalue weighted by Gasteiger charge is 2.22. The van der Waals surface area contributed by atoms with Crippen LogP contribution in [0.4, 0.5) is 0 Å². The lowest BCUT2D eigenvalue weighted by molar-refractivity contribution is -0.132. The van der Waals surface area contributed by atoms with Crippen LogP contribution in [0.3, 0.4) is 0 Å². The van der Waals surface area contributed by atoms with Crippen LogP contribution in [0, 0.1) is 6.92 Å². The Hall–Kier alpha value is -3.00. The molecule has 1 aromatic carbocycles. The summed E-state index contributed by atoms with van der Waals surface area (Å²) in [5.74, 6) is -0.155. The average Bonchev–Trinajstić information content (AvgIpc) is 2.98. The first-order valence-electron chi connectivity index (χ1n) is 9.43. The smallest absolute Gasteiger partial charge is 0.275 e. The Morgan fingerprint density at radius 2 is 1.96 bits per heavy atom. The van der Waals surface area contributed by atoms with Gasteiger partial charge >= 0.3 is 0 Å². The highest BCUT2D eigenvalue weighted by molar-refractivity contribution is 5.83. The van der Waals surface area contributed by atoms with Crippen molar-refractivity contribution in [3.05, 3.63) is 57.8 Å². The second-order valence-electron chi connectivity index (χ2n) is 7.22. The zero-order valence-corrected chi connectivity index (χ0v) is 16.0. The molecule has 0 spiro atoms. The third-order valence-electron chi connectivity index (χ3n) is 5.15. The highest BCUT2D eigenvalue weighted by atomic mass is 16.3. The summed E-state index contributed by atoms with van der Waals surface area (Å²) in [4.78, 5) is 27.4. The molecule has 28 heavy (non-hydrogen) atoms. The maximum Gasteiger partial charge on any atom is 0.275 e. The number of aliphatic hydroxyl groups is 1. The molecule has 0 saturated heterocycles. The van der Waals surface area contributed by atoms with Crippen LogP contribution >= 0.6 is 0 Å². The summed E-state index contributed by atoms with van der Waals surface area (Å²) < 4.78 is 3.10. The van der Waals surface area contributed by atoms with Crippen molar-refractivity contribution < 1.29 is 9.90 Å². The van der Waals surface area contributed by atoms with E-state index in [1.165, 1.54) is 4.68 Å². The first-order valence-corrected chi connectivity index (χ1v) is 9.43. The number of nitrogens with zero attached hydrogens (tertiary/aromatic N) is 5. The van der Waals surface area contributed by atoms with E-state index in [4.69, 9.17) is 0 Å². The van der Waals surface area contributed by atoms with Gasteiger partial charge in [0.1, 0.15) is 6.54 Å². The predicted molar refractivity (Wildman–Crippen MR) is 104 cm³/mol. The number of fused-ring (bicyclic) bond motifs is 2. The number of carbonyl (C=O) groups excluding carboxylic acids is 1. The second-order valence-corrected chi connectivity index (χ2v) is 7.22. The molecule has 1 aliphatic rings. The predicted octanol–water partition coefficient (Wildman–Crippen LogP) is 1.39. The van der Waals surface area contributed by atoms with E-state index in [-0.39, 0.29) is 18.0 Å². The minimum Gasteiger partial charge on any atom is -0.387 e. The molecular weight excluding hydrogens is 358 g/mol. The quantitative estimate of drug-likeness (QED) is 0.740. The molecule has 8 nitrogen and oxygen atoms in total. The van der Waals surface area contributed by atoms with E-state index in [0.717, 1.165) is 23.2 Å². The standard InChI is InChI=1S/C20H23N5O3/c1-13-16-6-3-4-7-17(16)20(28)25(21-13)12-19(27)23-8-5-9-24-15(11-23)10-18(22-24)14(2)26/h3-4,6-7,10,14,26H,5,8-9,11-12H2,1-2H3/t14-/m0/s1. The molecule has 8 heteroatoms. The fourth-order valence-corrected chi connectivity index (χ4v) is 3.64. The number of hydrogen-bond donors (Lipinski definition) is 1.